The number of sulfonamides is 1. The van der Waals surface area contributed by atoms with Gasteiger partial charge in [-0.05, 0) is 32.2 Å². The second-order valence-corrected chi connectivity index (χ2v) is 6.78. The molecule has 1 heterocycles. The van der Waals surface area contributed by atoms with E-state index in [0.717, 1.165) is 16.3 Å². The molecule has 0 radical (unpaired) electrons. The van der Waals surface area contributed by atoms with Gasteiger partial charge in [0.15, 0.2) is 0 Å². The lowest BCUT2D eigenvalue weighted by molar-refractivity contribution is 0.588. The number of thiazole rings is 1. The minimum atomic E-state index is -3.40. The monoisotopic (exact) mass is 297 g/mol. The third kappa shape index (κ3) is 3.31. The first kappa shape index (κ1) is 14.0. The summed E-state index contributed by atoms with van der Waals surface area (Å²) in [5.74, 6) is 0. The second kappa shape index (κ2) is 5.68. The van der Waals surface area contributed by atoms with Gasteiger partial charge in [0.2, 0.25) is 10.0 Å². The molecule has 1 aromatic heterocycles. The second-order valence-electron chi connectivity index (χ2n) is 3.95. The summed E-state index contributed by atoms with van der Waals surface area (Å²) < 4.78 is 25.7. The molecule has 0 spiro atoms. The van der Waals surface area contributed by atoms with E-state index in [2.05, 4.69) is 15.0 Å². The number of anilines is 1. The lowest BCUT2D eigenvalue weighted by Gasteiger charge is -2.08. The third-order valence-electron chi connectivity index (χ3n) is 2.71. The van der Waals surface area contributed by atoms with Crippen LogP contribution >= 0.6 is 11.3 Å². The molecule has 2 N–H and O–H groups in total. The molecule has 0 aliphatic rings. The van der Waals surface area contributed by atoms with Gasteiger partial charge in [-0.25, -0.2) is 18.1 Å². The van der Waals surface area contributed by atoms with Crippen molar-refractivity contribution in [2.24, 2.45) is 0 Å². The van der Waals surface area contributed by atoms with E-state index in [1.807, 2.05) is 13.0 Å². The van der Waals surface area contributed by atoms with Crippen molar-refractivity contribution in [1.29, 1.82) is 0 Å². The number of hydrogen-bond donors (Lipinski definition) is 2. The van der Waals surface area contributed by atoms with Gasteiger partial charge in [0.25, 0.3) is 0 Å². The van der Waals surface area contributed by atoms with Gasteiger partial charge < -0.3 is 5.32 Å². The maximum absolute atomic E-state index is 11.7. The van der Waals surface area contributed by atoms with Crippen molar-refractivity contribution in [2.75, 3.05) is 12.4 Å². The molecule has 7 heteroatoms. The van der Waals surface area contributed by atoms with Crippen molar-refractivity contribution in [1.82, 2.24) is 9.71 Å². The topological polar surface area (TPSA) is 71.1 Å². The van der Waals surface area contributed by atoms with Crippen LogP contribution in [0.3, 0.4) is 0 Å². The van der Waals surface area contributed by atoms with Crippen LogP contribution in [0.2, 0.25) is 0 Å². The quantitative estimate of drug-likeness (QED) is 0.885. The highest BCUT2D eigenvalue weighted by atomic mass is 32.2. The van der Waals surface area contributed by atoms with Crippen LogP contribution in [0.1, 0.15) is 10.6 Å². The van der Waals surface area contributed by atoms with E-state index >= 15 is 0 Å². The number of rotatable bonds is 5. The van der Waals surface area contributed by atoms with Crippen molar-refractivity contribution in [3.63, 3.8) is 0 Å². The average molecular weight is 297 g/mol. The Bertz CT molecular complexity index is 665. The van der Waals surface area contributed by atoms with E-state index in [1.54, 1.807) is 35.0 Å². The Labute approximate surface area is 116 Å². The Morgan fingerprint density at radius 3 is 2.79 bits per heavy atom. The maximum Gasteiger partial charge on any atom is 0.240 e. The summed E-state index contributed by atoms with van der Waals surface area (Å²) in [4.78, 5) is 5.56. The number of nitrogens with one attached hydrogen (secondary N) is 2. The molecule has 0 saturated heterocycles. The zero-order chi connectivity index (χ0) is 13.9. The fourth-order valence-corrected chi connectivity index (χ4v) is 3.06. The van der Waals surface area contributed by atoms with Gasteiger partial charge in [0.05, 0.1) is 22.6 Å². The molecule has 2 aromatic rings. The predicted molar refractivity (Wildman–Crippen MR) is 76.9 cm³/mol. The Balaban J connectivity index is 2.14. The first-order valence-electron chi connectivity index (χ1n) is 5.69. The first-order chi connectivity index (χ1) is 9.03. The van der Waals surface area contributed by atoms with Gasteiger partial charge >= 0.3 is 0 Å². The summed E-state index contributed by atoms with van der Waals surface area (Å²) in [5.41, 5.74) is 3.56. The number of hydrogen-bond acceptors (Lipinski definition) is 5. The van der Waals surface area contributed by atoms with Crippen LogP contribution in [0.4, 0.5) is 5.69 Å². The van der Waals surface area contributed by atoms with Crippen molar-refractivity contribution >= 4 is 27.0 Å². The van der Waals surface area contributed by atoms with Crippen LogP contribution in [-0.2, 0) is 16.6 Å². The molecule has 0 unspecified atom stereocenters. The van der Waals surface area contributed by atoms with Crippen molar-refractivity contribution < 1.29 is 8.42 Å². The molecule has 0 atom stereocenters. The van der Waals surface area contributed by atoms with E-state index in [9.17, 15) is 8.42 Å². The maximum atomic E-state index is 11.7. The van der Waals surface area contributed by atoms with Gasteiger partial charge in [0.1, 0.15) is 0 Å². The molecule has 2 rings (SSSR count). The normalized spacial score (nSPS) is 11.5. The molecule has 5 nitrogen and oxygen atoms in total. The van der Waals surface area contributed by atoms with Crippen LogP contribution in [0.5, 0.6) is 0 Å². The van der Waals surface area contributed by atoms with Crippen LogP contribution in [0, 0.1) is 6.92 Å². The molecule has 0 saturated carbocycles. The molecule has 0 bridgehead atoms. The molecule has 0 aliphatic heterocycles. The molecular formula is C12H15N3O2S2. The highest BCUT2D eigenvalue weighted by molar-refractivity contribution is 7.89. The van der Waals surface area contributed by atoms with E-state index in [-0.39, 0.29) is 4.90 Å². The van der Waals surface area contributed by atoms with E-state index in [0.29, 0.717) is 6.54 Å². The highest BCUT2D eigenvalue weighted by Gasteiger charge is 2.11. The van der Waals surface area contributed by atoms with E-state index in [4.69, 9.17) is 0 Å². The van der Waals surface area contributed by atoms with Gasteiger partial charge in [-0.15, -0.1) is 11.3 Å². The van der Waals surface area contributed by atoms with Crippen molar-refractivity contribution in [3.05, 3.63) is 40.3 Å². The molecule has 19 heavy (non-hydrogen) atoms. The standard InChI is InChI=1S/C12H15N3O2S2/c1-9-12(18-8-15-9)7-14-10-4-3-5-11(6-10)19(16,17)13-2/h3-6,8,13-14H,7H2,1-2H3. The molecule has 0 aliphatic carbocycles. The van der Waals surface area contributed by atoms with Gasteiger partial charge in [0, 0.05) is 10.6 Å². The lowest BCUT2D eigenvalue weighted by Crippen LogP contribution is -2.18. The number of aromatic nitrogens is 1. The van der Waals surface area contributed by atoms with E-state index < -0.39 is 10.0 Å². The number of benzene rings is 1. The van der Waals surface area contributed by atoms with Crippen LogP contribution in [0.25, 0.3) is 0 Å². The number of nitrogens with zero attached hydrogens (tertiary/aromatic N) is 1. The summed E-state index contributed by atoms with van der Waals surface area (Å²) in [7, 11) is -2.00. The zero-order valence-corrected chi connectivity index (χ0v) is 12.3. The highest BCUT2D eigenvalue weighted by Crippen LogP contribution is 2.18. The minimum Gasteiger partial charge on any atom is -0.380 e. The smallest absolute Gasteiger partial charge is 0.240 e. The van der Waals surface area contributed by atoms with Crippen LogP contribution in [-0.4, -0.2) is 20.4 Å². The Kier molecular flexibility index (Phi) is 4.18. The summed E-state index contributed by atoms with van der Waals surface area (Å²) in [6.45, 7) is 2.59. The Hall–Kier alpha value is -1.44. The zero-order valence-electron chi connectivity index (χ0n) is 10.7. The lowest BCUT2D eigenvalue weighted by atomic mass is 10.3. The Morgan fingerprint density at radius 2 is 2.16 bits per heavy atom. The molecule has 102 valence electrons. The Morgan fingerprint density at radius 1 is 1.37 bits per heavy atom. The molecular weight excluding hydrogens is 282 g/mol. The third-order valence-corrected chi connectivity index (χ3v) is 5.06. The summed E-state index contributed by atoms with van der Waals surface area (Å²) >= 11 is 1.58. The molecule has 0 fully saturated rings. The van der Waals surface area contributed by atoms with Crippen LogP contribution < -0.4 is 10.0 Å². The van der Waals surface area contributed by atoms with Crippen LogP contribution in [0.15, 0.2) is 34.7 Å². The average Bonchev–Trinajstić information content (AvgIpc) is 2.82. The summed E-state index contributed by atoms with van der Waals surface area (Å²) in [6.07, 6.45) is 0. The fourth-order valence-electron chi connectivity index (χ4n) is 1.57. The number of aryl methyl sites for hydroxylation is 1. The molecule has 1 aromatic carbocycles. The summed E-state index contributed by atoms with van der Waals surface area (Å²) in [6, 6.07) is 6.73. The van der Waals surface area contributed by atoms with Crippen molar-refractivity contribution in [3.8, 4) is 0 Å². The predicted octanol–water partition coefficient (Wildman–Crippen LogP) is 1.97. The summed E-state index contributed by atoms with van der Waals surface area (Å²) in [5, 5.41) is 3.20. The van der Waals surface area contributed by atoms with Gasteiger partial charge in [-0.3, -0.25) is 0 Å². The van der Waals surface area contributed by atoms with Gasteiger partial charge in [-0.1, -0.05) is 6.07 Å². The molecule has 0 amide bonds. The van der Waals surface area contributed by atoms with Gasteiger partial charge in [-0.2, -0.15) is 0 Å². The largest absolute Gasteiger partial charge is 0.380 e. The fraction of sp³-hybridized carbons (Fsp3) is 0.250. The van der Waals surface area contributed by atoms with E-state index in [1.165, 1.54) is 7.05 Å². The SMILES string of the molecule is CNS(=O)(=O)c1cccc(NCc2scnc2C)c1. The van der Waals surface area contributed by atoms with Crippen molar-refractivity contribution in [2.45, 2.75) is 18.4 Å². The minimum absolute atomic E-state index is 0.251. The first-order valence-corrected chi connectivity index (χ1v) is 8.05.